The van der Waals surface area contributed by atoms with Crippen LogP contribution in [0.2, 0.25) is 0 Å². The van der Waals surface area contributed by atoms with Gasteiger partial charge in [-0.3, -0.25) is 4.79 Å². The lowest BCUT2D eigenvalue weighted by molar-refractivity contribution is -0.130. The minimum atomic E-state index is -4.25. The van der Waals surface area contributed by atoms with Crippen LogP contribution in [0.25, 0.3) is 15.9 Å². The minimum absolute atomic E-state index is 0.0263. The zero-order valence-electron chi connectivity index (χ0n) is 29.2. The van der Waals surface area contributed by atoms with Gasteiger partial charge < -0.3 is 19.6 Å². The first-order chi connectivity index (χ1) is 18.1. The number of H-pyrrole nitrogens is 1. The number of nitrogens with zero attached hydrogens (tertiary/aromatic N) is 5. The smallest absolute Gasteiger partial charge is 0.302 e. The number of aromatic nitrogens is 3. The summed E-state index contributed by atoms with van der Waals surface area (Å²) < 4.78 is 141. The van der Waals surface area contributed by atoms with Crippen LogP contribution < -0.4 is 4.90 Å². The Morgan fingerprint density at radius 3 is 3.42 bits per heavy atom. The average molecular weight is 344 g/mol. The lowest BCUT2D eigenvalue weighted by Crippen LogP contribution is -2.53. The number of carbonyl (C=O) groups is 1. The Hall–Kier alpha value is -2.62. The Bertz CT molecular complexity index is 1440. The van der Waals surface area contributed by atoms with Crippen LogP contribution >= 0.6 is 0 Å². The van der Waals surface area contributed by atoms with Crippen molar-refractivity contribution < 1.29 is 28.1 Å². The van der Waals surface area contributed by atoms with E-state index in [1.807, 2.05) is 0 Å². The summed E-state index contributed by atoms with van der Waals surface area (Å²) in [5.74, 6) is -6.73. The number of nitrogens with one attached hydrogen (secondary N) is 1. The molecule has 2 aromatic heterocycles. The van der Waals surface area contributed by atoms with Crippen molar-refractivity contribution in [3.05, 3.63) is 29.5 Å². The van der Waals surface area contributed by atoms with Gasteiger partial charge >= 0.3 is 5.91 Å². The molecule has 0 aliphatic carbocycles. The monoisotopic (exact) mass is 343 g/mol. The zero-order chi connectivity index (χ0) is 32.1. The Morgan fingerprint density at radius 2 is 2.67 bits per heavy atom. The fourth-order valence-electron chi connectivity index (χ4n) is 2.00. The molecule has 0 aromatic carbocycles. The van der Waals surface area contributed by atoms with Gasteiger partial charge in [0.05, 0.1) is 16.9 Å². The number of likely N-dealkylation sites (tertiary alicyclic amines) is 1. The highest BCUT2D eigenvalue weighted by molar-refractivity contribution is 5.88. The Kier molecular flexibility index (Phi) is 1.47. The molecule has 0 unspecified atom stereocenters. The van der Waals surface area contributed by atoms with Gasteiger partial charge in [0.2, 0.25) is 0 Å². The van der Waals surface area contributed by atoms with Gasteiger partial charge in [-0.1, -0.05) is 6.85 Å². The fraction of sp³-hybridized carbons (Fsp3) is 0.529. The molecule has 1 saturated heterocycles. The molecule has 1 aliphatic heterocycles. The molecule has 7 nitrogen and oxygen atoms in total. The fourth-order valence-corrected chi connectivity index (χ4v) is 2.00. The van der Waals surface area contributed by atoms with Gasteiger partial charge in [-0.2, -0.15) is 0 Å². The second-order valence-corrected chi connectivity index (χ2v) is 4.63. The number of amides is 1. The predicted molar refractivity (Wildman–Crippen MR) is 92.6 cm³/mol. The second kappa shape index (κ2) is 6.48. The average Bonchev–Trinajstić information content (AvgIpc) is 3.03. The maximum atomic E-state index is 13.2. The van der Waals surface area contributed by atoms with Crippen LogP contribution in [-0.4, -0.2) is 58.2 Å². The molecule has 3 rings (SSSR count). The molecule has 1 aliphatic rings. The quantitative estimate of drug-likeness (QED) is 0.864. The van der Waals surface area contributed by atoms with E-state index >= 15 is 0 Å². The Balaban J connectivity index is 2.64. The topological polar surface area (TPSA) is 69.5 Å². The number of aromatic amines is 1. The molecule has 2 atom stereocenters. The number of aryl methyl sites for hydroxylation is 1. The third-order valence-electron chi connectivity index (χ3n) is 3.02. The van der Waals surface area contributed by atoms with E-state index in [4.69, 9.17) is 28.5 Å². The van der Waals surface area contributed by atoms with Gasteiger partial charge in [0.1, 0.15) is 21.9 Å². The van der Waals surface area contributed by atoms with Gasteiger partial charge in [-0.15, -0.1) is 0 Å². The van der Waals surface area contributed by atoms with Crippen molar-refractivity contribution in [2.45, 2.75) is 26.2 Å². The normalized spacial score (nSPS) is 42.2. The maximum Gasteiger partial charge on any atom is 0.302 e. The number of rotatable bonds is 3. The highest BCUT2D eigenvalue weighted by Gasteiger charge is 2.33. The molecule has 1 N–H and O–H groups in total. The summed E-state index contributed by atoms with van der Waals surface area (Å²) in [6.45, 7) is -11.5. The summed E-state index contributed by atoms with van der Waals surface area (Å²) in [5, 5.41) is -0.551. The van der Waals surface area contributed by atoms with E-state index in [0.29, 0.717) is 0 Å². The van der Waals surface area contributed by atoms with Crippen molar-refractivity contribution >= 4 is 22.8 Å². The summed E-state index contributed by atoms with van der Waals surface area (Å²) in [6, 6.07) is -4.65. The van der Waals surface area contributed by atoms with Crippen molar-refractivity contribution in [2.75, 3.05) is 31.4 Å². The second-order valence-electron chi connectivity index (χ2n) is 4.63. The minimum Gasteiger partial charge on any atom is -0.354 e. The number of anilines is 1. The van der Waals surface area contributed by atoms with Crippen molar-refractivity contribution in [3.63, 3.8) is 0 Å². The predicted octanol–water partition coefficient (Wildman–Crippen LogP) is 1.86. The van der Waals surface area contributed by atoms with Crippen LogP contribution in [0.15, 0.2) is 12.3 Å². The van der Waals surface area contributed by atoms with Gasteiger partial charge in [0.15, 0.2) is 0 Å². The third kappa shape index (κ3) is 2.92. The van der Waals surface area contributed by atoms with Crippen LogP contribution in [-0.2, 0) is 4.79 Å². The summed E-state index contributed by atoms with van der Waals surface area (Å²) in [6.07, 6.45) is -4.99. The molecule has 3 heterocycles. The van der Waals surface area contributed by atoms with E-state index in [1.165, 1.54) is 6.92 Å². The van der Waals surface area contributed by atoms with Gasteiger partial charge in [-0.05, 0) is 25.3 Å². The Morgan fingerprint density at radius 1 is 1.79 bits per heavy atom. The highest BCUT2D eigenvalue weighted by atomic mass is 16.2. The number of hydrogen-bond donors (Lipinski definition) is 1. The number of carbonyl (C=O) groups excluding carboxylic acids is 1. The molecular weight excluding hydrogens is 304 g/mol. The van der Waals surface area contributed by atoms with E-state index in [2.05, 4.69) is 19.8 Å². The summed E-state index contributed by atoms with van der Waals surface area (Å²) >= 11 is 0. The number of hydrogen-bond acceptors (Lipinski definition) is 4. The molecule has 2 aromatic rings. The van der Waals surface area contributed by atoms with E-state index in [1.54, 1.807) is 0 Å². The van der Waals surface area contributed by atoms with Crippen molar-refractivity contribution in [1.29, 1.82) is 0 Å². The lowest BCUT2D eigenvalue weighted by Gasteiger charge is -2.41. The van der Waals surface area contributed by atoms with Gasteiger partial charge in [0, 0.05) is 39.4 Å². The summed E-state index contributed by atoms with van der Waals surface area (Å²) in [4.78, 5) is 24.3. The molecule has 0 radical (unpaired) electrons. The molecule has 1 fully saturated rings. The first-order valence-corrected chi connectivity index (χ1v) is 6.50. The lowest BCUT2D eigenvalue weighted by atomic mass is 9.92. The molecule has 24 heavy (non-hydrogen) atoms. The maximum absolute atomic E-state index is 13.2. The van der Waals surface area contributed by atoms with E-state index in [9.17, 15) is 6.17 Å². The van der Waals surface area contributed by atoms with Crippen LogP contribution in [0.4, 0.5) is 5.82 Å². The Labute approximate surface area is 165 Å². The SMILES string of the molecule is [2H]c1nc(N(C([2H])([2H])[2H])[C@]2([2H])[C@H](C([2H])([2H])[2H])C([2H])([2H])C([2H])([2H])N(C(=O)C([2H])([2H])[N+]#[C-])C2([2H])[2H])c2c([2H])c(C)[nH]c2n1. The third-order valence-corrected chi connectivity index (χ3v) is 3.02. The molecule has 0 bridgehead atoms. The standard InChI is InChI=1S/C17H22N6O/c1-11-5-6-23(15(24)8-18-3)9-14(11)22(4)17-13-7-12(2)21-16(13)19-10-20-17/h7,10-11,14H,5-6,8-9H2,1-2,4H3,(H,19,20,21)/t11-,14+/m1/s1/i1D3,4D3,5D2,6D2,7D,8D2,9D2,10D,14D. The zero-order valence-corrected chi connectivity index (χ0v) is 12.2. The molecule has 1 amide bonds. The first kappa shape index (κ1) is 5.45. The van der Waals surface area contributed by atoms with Crippen LogP contribution in [0, 0.1) is 19.4 Å². The molecule has 0 spiro atoms. The van der Waals surface area contributed by atoms with E-state index in [-0.39, 0.29) is 16.2 Å². The van der Waals surface area contributed by atoms with E-state index in [0.717, 1.165) is 0 Å². The van der Waals surface area contributed by atoms with Gasteiger partial charge in [-0.25, -0.2) is 16.5 Å². The van der Waals surface area contributed by atoms with Crippen LogP contribution in [0.1, 0.15) is 42.2 Å². The number of fused-ring (bicyclic) bond motifs is 1. The van der Waals surface area contributed by atoms with Crippen molar-refractivity contribution in [2.24, 2.45) is 5.92 Å². The summed E-state index contributed by atoms with van der Waals surface area (Å²) in [5.41, 5.74) is -0.337. The number of piperidine rings is 1. The largest absolute Gasteiger partial charge is 0.354 e. The molecule has 0 saturated carbocycles. The first-order valence-electron chi connectivity index (χ1n) is 15.0. The van der Waals surface area contributed by atoms with Crippen LogP contribution in [0.3, 0.4) is 0 Å². The van der Waals surface area contributed by atoms with E-state index < -0.39 is 86.0 Å². The number of likely N-dealkylation sites (N-methyl/N-ethyl adjacent to an activating group) is 1. The molecule has 7 heteroatoms. The van der Waals surface area contributed by atoms with Crippen LogP contribution in [0.5, 0.6) is 0 Å². The molecule has 126 valence electrons. The highest BCUT2D eigenvalue weighted by Crippen LogP contribution is 2.29. The molecular formula is C17H22N6O. The van der Waals surface area contributed by atoms with Crippen molar-refractivity contribution in [3.8, 4) is 0 Å². The summed E-state index contributed by atoms with van der Waals surface area (Å²) in [7, 11) is 0. The van der Waals surface area contributed by atoms with Crippen molar-refractivity contribution in [1.82, 2.24) is 19.9 Å². The van der Waals surface area contributed by atoms with Gasteiger partial charge in [0.25, 0.3) is 6.50 Å².